The SMILES string of the molecule is CCC[CH2][Ti]1([CH2]CCC)[CH]2C(C)=C(c3ccccc32)[Si](C)(c2ccccc2)C2=C(C)[CH]1c1ccccc12. The Kier molecular flexibility index (Phi) is 6.63. The van der Waals surface area contributed by atoms with E-state index in [-0.39, 0.29) is 0 Å². The molecule has 6 rings (SSSR count). The van der Waals surface area contributed by atoms with Crippen molar-refractivity contribution in [2.45, 2.75) is 77.8 Å². The topological polar surface area (TPSA) is 0 Å². The molecule has 0 saturated heterocycles. The number of benzene rings is 3. The summed E-state index contributed by atoms with van der Waals surface area (Å²) < 4.78 is 4.36. The third-order valence-corrected chi connectivity index (χ3v) is 25.0. The molecule has 0 radical (unpaired) electrons. The molecular formula is C35H42SiTi. The van der Waals surface area contributed by atoms with Gasteiger partial charge in [-0.3, -0.25) is 0 Å². The van der Waals surface area contributed by atoms with Crippen LogP contribution in [0.1, 0.15) is 84.1 Å². The van der Waals surface area contributed by atoms with Crippen LogP contribution in [0.2, 0.25) is 16.0 Å². The van der Waals surface area contributed by atoms with E-state index in [0.717, 1.165) is 0 Å². The second-order valence-corrected chi connectivity index (χ2v) is 23.1. The molecule has 2 heteroatoms. The van der Waals surface area contributed by atoms with Crippen LogP contribution in [0.4, 0.5) is 0 Å². The zero-order chi connectivity index (χ0) is 25.8. The van der Waals surface area contributed by atoms with Crippen LogP contribution >= 0.6 is 0 Å². The molecule has 2 unspecified atom stereocenters. The summed E-state index contributed by atoms with van der Waals surface area (Å²) in [4.78, 5) is 0. The van der Waals surface area contributed by atoms with Crippen molar-refractivity contribution in [3.05, 3.63) is 112 Å². The molecule has 37 heavy (non-hydrogen) atoms. The molecule has 1 aliphatic heterocycles. The molecule has 3 aromatic rings. The van der Waals surface area contributed by atoms with Gasteiger partial charge in [-0.25, -0.2) is 0 Å². The summed E-state index contributed by atoms with van der Waals surface area (Å²) in [6.45, 7) is 12.7. The standard InChI is InChI=1S/C27H24Si.2C4H9.Ti/c1-19-17-21-11-7-9-15-24(21)26(19)28(3,23-13-5-4-6-14-23)27-20(2)18-22-12-8-10-16-25(22)27;2*1-3-4-2;/h4-18H,1-3H3;2*1,3-4H2,2H3;. The van der Waals surface area contributed by atoms with Crippen LogP contribution in [0, 0.1) is 0 Å². The Morgan fingerprint density at radius 3 is 1.51 bits per heavy atom. The van der Waals surface area contributed by atoms with Crippen LogP contribution in [0.3, 0.4) is 0 Å². The van der Waals surface area contributed by atoms with Gasteiger partial charge in [0, 0.05) is 0 Å². The van der Waals surface area contributed by atoms with E-state index in [1.807, 2.05) is 0 Å². The van der Waals surface area contributed by atoms with E-state index in [1.165, 1.54) is 35.1 Å². The summed E-state index contributed by atoms with van der Waals surface area (Å²) in [6.07, 6.45) is 5.40. The molecule has 0 aromatic heterocycles. The van der Waals surface area contributed by atoms with E-state index in [2.05, 4.69) is 113 Å². The van der Waals surface area contributed by atoms with Gasteiger partial charge in [0.1, 0.15) is 0 Å². The molecule has 0 N–H and O–H groups in total. The molecule has 3 aromatic carbocycles. The van der Waals surface area contributed by atoms with Gasteiger partial charge in [0.05, 0.1) is 0 Å². The van der Waals surface area contributed by atoms with E-state index >= 15 is 0 Å². The summed E-state index contributed by atoms with van der Waals surface area (Å²) in [7, 11) is -2.24. The maximum atomic E-state index is 2.69. The Balaban J connectivity index is 1.77. The van der Waals surface area contributed by atoms with E-state index < -0.39 is 24.7 Å². The molecule has 2 aliphatic carbocycles. The van der Waals surface area contributed by atoms with E-state index in [9.17, 15) is 0 Å². The van der Waals surface area contributed by atoms with E-state index in [4.69, 9.17) is 0 Å². The van der Waals surface area contributed by atoms with Gasteiger partial charge < -0.3 is 0 Å². The fourth-order valence-corrected chi connectivity index (χ4v) is 26.3. The Morgan fingerprint density at radius 1 is 0.622 bits per heavy atom. The molecule has 0 nitrogen and oxygen atoms in total. The molecule has 4 bridgehead atoms. The van der Waals surface area contributed by atoms with Gasteiger partial charge >= 0.3 is 230 Å². The van der Waals surface area contributed by atoms with E-state index in [0.29, 0.717) is 8.45 Å². The van der Waals surface area contributed by atoms with Gasteiger partial charge in [-0.2, -0.15) is 0 Å². The molecule has 0 saturated carbocycles. The average molecular weight is 539 g/mol. The summed E-state index contributed by atoms with van der Waals surface area (Å²) in [5.41, 5.74) is 10.2. The zero-order valence-electron chi connectivity index (χ0n) is 23.4. The molecule has 0 amide bonds. The summed E-state index contributed by atoms with van der Waals surface area (Å²) in [5, 5.41) is 5.09. The third kappa shape index (κ3) is 3.50. The fourth-order valence-electron chi connectivity index (χ4n) is 9.01. The van der Waals surface area contributed by atoms with Crippen molar-refractivity contribution in [3.8, 4) is 0 Å². The van der Waals surface area contributed by atoms with Gasteiger partial charge in [-0.1, -0.05) is 0 Å². The summed E-state index contributed by atoms with van der Waals surface area (Å²) in [6, 6.07) is 31.0. The Labute approximate surface area is 229 Å². The normalized spacial score (nSPS) is 25.1. The number of allylic oxidation sites excluding steroid dienone is 2. The van der Waals surface area contributed by atoms with Crippen molar-refractivity contribution < 1.29 is 16.6 Å². The van der Waals surface area contributed by atoms with Gasteiger partial charge in [0.2, 0.25) is 0 Å². The number of unbranched alkanes of at least 4 members (excludes halogenated alkanes) is 2. The van der Waals surface area contributed by atoms with Crippen LogP contribution < -0.4 is 5.19 Å². The van der Waals surface area contributed by atoms with Crippen molar-refractivity contribution in [2.75, 3.05) is 0 Å². The minimum absolute atomic E-state index is 0.687. The Bertz CT molecular complexity index is 1310. The summed E-state index contributed by atoms with van der Waals surface area (Å²) >= 11 is -2.60. The summed E-state index contributed by atoms with van der Waals surface area (Å²) in [5.74, 6) is 0. The van der Waals surface area contributed by atoms with E-state index in [1.54, 1.807) is 49.0 Å². The molecule has 1 heterocycles. The van der Waals surface area contributed by atoms with Gasteiger partial charge in [-0.05, 0) is 0 Å². The number of fused-ring (bicyclic) bond motifs is 8. The van der Waals surface area contributed by atoms with Crippen molar-refractivity contribution in [1.29, 1.82) is 0 Å². The first-order valence-corrected chi connectivity index (χ1v) is 21.2. The van der Waals surface area contributed by atoms with Crippen LogP contribution in [0.25, 0.3) is 10.4 Å². The van der Waals surface area contributed by atoms with Crippen molar-refractivity contribution in [2.24, 2.45) is 0 Å². The van der Waals surface area contributed by atoms with Crippen LogP contribution in [-0.4, -0.2) is 8.07 Å². The molecule has 0 spiro atoms. The third-order valence-electron chi connectivity index (χ3n) is 10.2. The second kappa shape index (κ2) is 9.67. The van der Waals surface area contributed by atoms with Crippen molar-refractivity contribution in [3.63, 3.8) is 0 Å². The second-order valence-electron chi connectivity index (χ2n) is 12.1. The van der Waals surface area contributed by atoms with Crippen LogP contribution in [-0.2, 0) is 16.6 Å². The van der Waals surface area contributed by atoms with Crippen molar-refractivity contribution in [1.82, 2.24) is 0 Å². The number of hydrogen-bond acceptors (Lipinski definition) is 0. The Morgan fingerprint density at radius 2 is 1.05 bits per heavy atom. The first-order chi connectivity index (χ1) is 18.0. The molecule has 0 fully saturated rings. The quantitative estimate of drug-likeness (QED) is 0.263. The van der Waals surface area contributed by atoms with Gasteiger partial charge in [-0.15, -0.1) is 0 Å². The number of rotatable bonds is 7. The molecule has 190 valence electrons. The molecule has 3 aliphatic rings. The van der Waals surface area contributed by atoms with Gasteiger partial charge in [0.15, 0.2) is 0 Å². The minimum atomic E-state index is -2.60. The molecular weight excluding hydrogens is 496 g/mol. The van der Waals surface area contributed by atoms with Crippen molar-refractivity contribution >= 4 is 23.7 Å². The first-order valence-electron chi connectivity index (χ1n) is 14.7. The average Bonchev–Trinajstić information content (AvgIpc) is 3.41. The predicted octanol–water partition coefficient (Wildman–Crippen LogP) is 9.71. The zero-order valence-corrected chi connectivity index (χ0v) is 26.0. The monoisotopic (exact) mass is 538 g/mol. The number of hydrogen-bond donors (Lipinski definition) is 0. The fraction of sp³-hybridized carbons (Fsp3) is 0.371. The van der Waals surface area contributed by atoms with Gasteiger partial charge in [0.25, 0.3) is 0 Å². The predicted molar refractivity (Wildman–Crippen MR) is 161 cm³/mol. The first kappa shape index (κ1) is 25.4. The maximum absolute atomic E-state index is 2.69. The Hall–Kier alpha value is -1.93. The van der Waals surface area contributed by atoms with Crippen LogP contribution in [0.5, 0.6) is 0 Å². The van der Waals surface area contributed by atoms with Crippen LogP contribution in [0.15, 0.2) is 90.0 Å². The molecule has 2 atom stereocenters.